The van der Waals surface area contributed by atoms with Gasteiger partial charge in [-0.15, -0.1) is 0 Å². The van der Waals surface area contributed by atoms with Crippen molar-refractivity contribution >= 4 is 21.2 Å². The molecule has 0 saturated carbocycles. The first kappa shape index (κ1) is 11.7. The van der Waals surface area contributed by atoms with Crippen molar-refractivity contribution in [3.05, 3.63) is 42.0 Å². The van der Waals surface area contributed by atoms with Gasteiger partial charge in [-0.3, -0.25) is 4.79 Å². The lowest BCUT2D eigenvalue weighted by Crippen LogP contribution is -2.33. The summed E-state index contributed by atoms with van der Waals surface area (Å²) in [6, 6.07) is 9.71. The van der Waals surface area contributed by atoms with E-state index in [2.05, 4.69) is 0 Å². The molecule has 1 aromatic rings. The molecule has 1 fully saturated rings. The highest BCUT2D eigenvalue weighted by molar-refractivity contribution is 7.93. The Morgan fingerprint density at radius 1 is 1.11 bits per heavy atom. The molecule has 3 nitrogen and oxygen atoms in total. The topological polar surface area (TPSA) is 51.2 Å². The molecular formula is C14H14O3S. The van der Waals surface area contributed by atoms with Gasteiger partial charge < -0.3 is 0 Å². The van der Waals surface area contributed by atoms with E-state index in [4.69, 9.17) is 0 Å². The SMILES string of the molecule is O=C1C=C(c2ccccc2)C[C@H]2CCS(=O)(=O)[C@@H]12. The normalized spacial score (nSPS) is 29.8. The molecule has 18 heavy (non-hydrogen) atoms. The summed E-state index contributed by atoms with van der Waals surface area (Å²) in [5, 5.41) is -0.773. The van der Waals surface area contributed by atoms with E-state index in [1.165, 1.54) is 6.08 Å². The van der Waals surface area contributed by atoms with Crippen LogP contribution in [0, 0.1) is 5.92 Å². The van der Waals surface area contributed by atoms with E-state index in [0.717, 1.165) is 11.1 Å². The number of sulfone groups is 1. The van der Waals surface area contributed by atoms with Crippen molar-refractivity contribution in [1.82, 2.24) is 0 Å². The largest absolute Gasteiger partial charge is 0.293 e. The molecule has 2 atom stereocenters. The summed E-state index contributed by atoms with van der Waals surface area (Å²) >= 11 is 0. The van der Waals surface area contributed by atoms with Gasteiger partial charge in [0.05, 0.1) is 5.75 Å². The summed E-state index contributed by atoms with van der Waals surface area (Å²) in [6.07, 6.45) is 2.84. The maximum absolute atomic E-state index is 12.0. The summed E-state index contributed by atoms with van der Waals surface area (Å²) < 4.78 is 23.6. The van der Waals surface area contributed by atoms with E-state index >= 15 is 0 Å². The molecule has 3 rings (SSSR count). The predicted molar refractivity (Wildman–Crippen MR) is 69.7 cm³/mol. The quantitative estimate of drug-likeness (QED) is 0.776. The Labute approximate surface area is 106 Å². The fraction of sp³-hybridized carbons (Fsp3) is 0.357. The molecule has 0 aromatic heterocycles. The number of allylic oxidation sites excluding steroid dienone is 2. The zero-order valence-corrected chi connectivity index (χ0v) is 10.7. The maximum Gasteiger partial charge on any atom is 0.174 e. The fourth-order valence-corrected chi connectivity index (χ4v) is 5.08. The van der Waals surface area contributed by atoms with Crippen molar-refractivity contribution in [2.45, 2.75) is 18.1 Å². The van der Waals surface area contributed by atoms with Crippen LogP contribution in [0.4, 0.5) is 0 Å². The lowest BCUT2D eigenvalue weighted by Gasteiger charge is -2.23. The Morgan fingerprint density at radius 3 is 2.56 bits per heavy atom. The molecule has 4 heteroatoms. The minimum atomic E-state index is -3.20. The van der Waals surface area contributed by atoms with Gasteiger partial charge in [0.15, 0.2) is 15.6 Å². The number of rotatable bonds is 1. The van der Waals surface area contributed by atoms with Crippen LogP contribution >= 0.6 is 0 Å². The number of ketones is 1. The van der Waals surface area contributed by atoms with Gasteiger partial charge in [-0.1, -0.05) is 30.3 Å². The van der Waals surface area contributed by atoms with Crippen LogP contribution in [0.25, 0.3) is 5.57 Å². The Bertz CT molecular complexity index is 614. The van der Waals surface area contributed by atoms with Crippen LogP contribution in [0.15, 0.2) is 36.4 Å². The van der Waals surface area contributed by atoms with Gasteiger partial charge in [0.25, 0.3) is 0 Å². The summed E-state index contributed by atoms with van der Waals surface area (Å²) in [7, 11) is -3.20. The molecule has 1 saturated heterocycles. The van der Waals surface area contributed by atoms with E-state index < -0.39 is 15.1 Å². The molecule has 1 aliphatic heterocycles. The second kappa shape index (κ2) is 4.05. The molecular weight excluding hydrogens is 248 g/mol. The highest BCUT2D eigenvalue weighted by atomic mass is 32.2. The molecule has 0 bridgehead atoms. The smallest absolute Gasteiger partial charge is 0.174 e. The van der Waals surface area contributed by atoms with Gasteiger partial charge in [0, 0.05) is 0 Å². The molecule has 0 N–H and O–H groups in total. The first-order chi connectivity index (χ1) is 8.58. The van der Waals surface area contributed by atoms with Crippen molar-refractivity contribution in [2.24, 2.45) is 5.92 Å². The van der Waals surface area contributed by atoms with E-state index in [1.54, 1.807) is 0 Å². The molecule has 0 radical (unpaired) electrons. The highest BCUT2D eigenvalue weighted by Crippen LogP contribution is 2.39. The first-order valence-corrected chi connectivity index (χ1v) is 7.81. The molecule has 1 aromatic carbocycles. The molecule has 0 amide bonds. The van der Waals surface area contributed by atoms with Crippen LogP contribution in [-0.4, -0.2) is 25.2 Å². The van der Waals surface area contributed by atoms with E-state index in [1.807, 2.05) is 30.3 Å². The van der Waals surface area contributed by atoms with Gasteiger partial charge in [-0.25, -0.2) is 8.42 Å². The summed E-state index contributed by atoms with van der Waals surface area (Å²) in [5.74, 6) is -0.102. The minimum absolute atomic E-state index is 0.0253. The number of benzene rings is 1. The highest BCUT2D eigenvalue weighted by Gasteiger charge is 2.46. The number of hydrogen-bond donors (Lipinski definition) is 0. The van der Waals surface area contributed by atoms with Gasteiger partial charge in [-0.2, -0.15) is 0 Å². The Hall–Kier alpha value is -1.42. The van der Waals surface area contributed by atoms with Crippen LogP contribution in [0.2, 0.25) is 0 Å². The molecule has 0 unspecified atom stereocenters. The molecule has 1 aliphatic carbocycles. The van der Waals surface area contributed by atoms with E-state index in [-0.39, 0.29) is 17.5 Å². The van der Waals surface area contributed by atoms with Crippen molar-refractivity contribution in [1.29, 1.82) is 0 Å². The Morgan fingerprint density at radius 2 is 1.83 bits per heavy atom. The predicted octanol–water partition coefficient (Wildman–Crippen LogP) is 1.85. The van der Waals surface area contributed by atoms with Crippen LogP contribution in [0.1, 0.15) is 18.4 Å². The van der Waals surface area contributed by atoms with E-state index in [9.17, 15) is 13.2 Å². The lowest BCUT2D eigenvalue weighted by molar-refractivity contribution is -0.115. The number of carbonyl (C=O) groups is 1. The molecule has 94 valence electrons. The number of fused-ring (bicyclic) bond motifs is 1. The Kier molecular flexibility index (Phi) is 2.63. The van der Waals surface area contributed by atoms with Crippen LogP contribution in [0.5, 0.6) is 0 Å². The Balaban J connectivity index is 1.99. The zero-order valence-electron chi connectivity index (χ0n) is 9.87. The van der Waals surface area contributed by atoms with Crippen molar-refractivity contribution in [3.8, 4) is 0 Å². The van der Waals surface area contributed by atoms with Crippen molar-refractivity contribution in [2.75, 3.05) is 5.75 Å². The number of carbonyl (C=O) groups excluding carboxylic acids is 1. The summed E-state index contributed by atoms with van der Waals surface area (Å²) in [6.45, 7) is 0. The van der Waals surface area contributed by atoms with Crippen molar-refractivity contribution < 1.29 is 13.2 Å². The molecule has 2 aliphatic rings. The van der Waals surface area contributed by atoms with Gasteiger partial charge in [0.2, 0.25) is 0 Å². The van der Waals surface area contributed by atoms with Gasteiger partial charge in [0.1, 0.15) is 5.25 Å². The fourth-order valence-electron chi connectivity index (χ4n) is 2.95. The zero-order chi connectivity index (χ0) is 12.8. The minimum Gasteiger partial charge on any atom is -0.293 e. The average molecular weight is 262 g/mol. The lowest BCUT2D eigenvalue weighted by atomic mass is 9.83. The van der Waals surface area contributed by atoms with Crippen molar-refractivity contribution in [3.63, 3.8) is 0 Å². The van der Waals surface area contributed by atoms with E-state index in [0.29, 0.717) is 12.8 Å². The second-order valence-electron chi connectivity index (χ2n) is 4.98. The molecule has 0 spiro atoms. The first-order valence-electron chi connectivity index (χ1n) is 6.09. The van der Waals surface area contributed by atoms with Gasteiger partial charge in [-0.05, 0) is 36.0 Å². The third-order valence-corrected chi connectivity index (χ3v) is 6.01. The summed E-state index contributed by atoms with van der Waals surface area (Å²) in [4.78, 5) is 12.0. The standard InChI is InChI=1S/C14H14O3S/c15-13-9-12(10-4-2-1-3-5-10)8-11-6-7-18(16,17)14(11)13/h1-5,9,11,14H,6-8H2/t11-,14-/m1/s1. The monoisotopic (exact) mass is 262 g/mol. The van der Waals surface area contributed by atoms with Crippen LogP contribution in [-0.2, 0) is 14.6 Å². The maximum atomic E-state index is 12.0. The molecule has 1 heterocycles. The van der Waals surface area contributed by atoms with Crippen LogP contribution < -0.4 is 0 Å². The second-order valence-corrected chi connectivity index (χ2v) is 7.22. The van der Waals surface area contributed by atoms with Crippen LogP contribution in [0.3, 0.4) is 0 Å². The summed E-state index contributed by atoms with van der Waals surface area (Å²) in [5.41, 5.74) is 1.99. The van der Waals surface area contributed by atoms with Gasteiger partial charge >= 0.3 is 0 Å². The number of hydrogen-bond acceptors (Lipinski definition) is 3. The third kappa shape index (κ3) is 1.81. The third-order valence-electron chi connectivity index (χ3n) is 3.81. The average Bonchev–Trinajstić information content (AvgIpc) is 2.67.